The van der Waals surface area contributed by atoms with Crippen molar-refractivity contribution >= 4 is 29.9 Å². The third-order valence-corrected chi connectivity index (χ3v) is 3.72. The summed E-state index contributed by atoms with van der Waals surface area (Å²) in [5, 5.41) is 6.56. The van der Waals surface area contributed by atoms with Crippen LogP contribution in [0.2, 0.25) is 0 Å². The second-order valence-corrected chi connectivity index (χ2v) is 5.62. The number of benzene rings is 1. The zero-order valence-corrected chi connectivity index (χ0v) is 17.2. The molecule has 1 aromatic carbocycles. The van der Waals surface area contributed by atoms with Crippen LogP contribution in [0.25, 0.3) is 0 Å². The molecule has 0 aliphatic carbocycles. The van der Waals surface area contributed by atoms with Crippen LogP contribution in [-0.4, -0.2) is 28.6 Å². The van der Waals surface area contributed by atoms with Gasteiger partial charge in [-0.05, 0) is 44.4 Å². The van der Waals surface area contributed by atoms with E-state index in [0.717, 1.165) is 49.8 Å². The topological polar surface area (TPSA) is 54.2 Å². The molecular formula is C18H27FIN5. The summed E-state index contributed by atoms with van der Waals surface area (Å²) in [7, 11) is 0. The summed E-state index contributed by atoms with van der Waals surface area (Å²) in [6, 6.07) is 6.44. The summed E-state index contributed by atoms with van der Waals surface area (Å²) in [5.74, 6) is 1.62. The van der Waals surface area contributed by atoms with E-state index in [2.05, 4.69) is 25.2 Å². The van der Waals surface area contributed by atoms with Gasteiger partial charge in [-0.3, -0.25) is 0 Å². The molecule has 0 bridgehead atoms. The van der Waals surface area contributed by atoms with E-state index >= 15 is 0 Å². The molecule has 5 nitrogen and oxygen atoms in total. The van der Waals surface area contributed by atoms with Crippen LogP contribution in [0.3, 0.4) is 0 Å². The smallest absolute Gasteiger partial charge is 0.191 e. The van der Waals surface area contributed by atoms with Crippen molar-refractivity contribution in [3.63, 3.8) is 0 Å². The van der Waals surface area contributed by atoms with Gasteiger partial charge in [-0.15, -0.1) is 24.0 Å². The molecule has 0 radical (unpaired) electrons. The number of aliphatic imine (C=N–C) groups is 1. The molecule has 0 unspecified atom stereocenters. The van der Waals surface area contributed by atoms with Gasteiger partial charge in [0.05, 0.1) is 6.54 Å². The first kappa shape index (κ1) is 21.4. The number of guanidine groups is 1. The Morgan fingerprint density at radius 3 is 2.60 bits per heavy atom. The van der Waals surface area contributed by atoms with E-state index in [1.807, 2.05) is 26.2 Å². The van der Waals surface area contributed by atoms with Crippen molar-refractivity contribution in [2.24, 2.45) is 4.99 Å². The summed E-state index contributed by atoms with van der Waals surface area (Å²) < 4.78 is 15.1. The summed E-state index contributed by atoms with van der Waals surface area (Å²) in [6.07, 6.45) is 5.98. The molecule has 0 saturated carbocycles. The van der Waals surface area contributed by atoms with E-state index < -0.39 is 0 Å². The van der Waals surface area contributed by atoms with Gasteiger partial charge in [-0.1, -0.05) is 12.1 Å². The number of nitrogens with zero attached hydrogens (tertiary/aromatic N) is 3. The zero-order valence-electron chi connectivity index (χ0n) is 14.8. The van der Waals surface area contributed by atoms with Crippen molar-refractivity contribution in [1.29, 1.82) is 0 Å². The number of aryl methyl sites for hydroxylation is 2. The lowest BCUT2D eigenvalue weighted by Crippen LogP contribution is -2.37. The Labute approximate surface area is 166 Å². The lowest BCUT2D eigenvalue weighted by molar-refractivity contribution is 0.588. The van der Waals surface area contributed by atoms with Crippen molar-refractivity contribution in [1.82, 2.24) is 20.2 Å². The summed E-state index contributed by atoms with van der Waals surface area (Å²) in [4.78, 5) is 8.75. The van der Waals surface area contributed by atoms with E-state index in [0.29, 0.717) is 6.54 Å². The molecular weight excluding hydrogens is 432 g/mol. The minimum absolute atomic E-state index is 0. The van der Waals surface area contributed by atoms with E-state index in [-0.39, 0.29) is 29.8 Å². The van der Waals surface area contributed by atoms with Crippen molar-refractivity contribution in [2.45, 2.75) is 39.8 Å². The first-order valence-electron chi connectivity index (χ1n) is 8.43. The van der Waals surface area contributed by atoms with E-state index in [1.54, 1.807) is 12.1 Å². The van der Waals surface area contributed by atoms with E-state index in [1.165, 1.54) is 12.1 Å². The molecule has 0 aliphatic rings. The van der Waals surface area contributed by atoms with E-state index in [9.17, 15) is 4.39 Å². The highest BCUT2D eigenvalue weighted by Gasteiger charge is 1.99. The number of rotatable bonds is 8. The van der Waals surface area contributed by atoms with E-state index in [4.69, 9.17) is 0 Å². The van der Waals surface area contributed by atoms with Gasteiger partial charge in [0, 0.05) is 32.0 Å². The van der Waals surface area contributed by atoms with Gasteiger partial charge in [-0.2, -0.15) is 0 Å². The first-order chi connectivity index (χ1) is 11.7. The van der Waals surface area contributed by atoms with Crippen molar-refractivity contribution in [2.75, 3.05) is 13.1 Å². The largest absolute Gasteiger partial charge is 0.357 e. The van der Waals surface area contributed by atoms with Gasteiger partial charge < -0.3 is 15.2 Å². The first-order valence-corrected chi connectivity index (χ1v) is 8.43. The molecule has 2 N–H and O–H groups in total. The molecule has 0 spiro atoms. The zero-order chi connectivity index (χ0) is 17.2. The fraction of sp³-hybridized carbons (Fsp3) is 0.444. The molecule has 7 heteroatoms. The fourth-order valence-electron chi connectivity index (χ4n) is 2.36. The third kappa shape index (κ3) is 7.85. The highest BCUT2D eigenvalue weighted by atomic mass is 127. The van der Waals surface area contributed by atoms with Gasteiger partial charge in [0.2, 0.25) is 0 Å². The van der Waals surface area contributed by atoms with Gasteiger partial charge >= 0.3 is 0 Å². The minimum Gasteiger partial charge on any atom is -0.357 e. The van der Waals surface area contributed by atoms with Crippen molar-refractivity contribution < 1.29 is 4.39 Å². The molecule has 0 fully saturated rings. The minimum atomic E-state index is -0.221. The Balaban J connectivity index is 0.00000312. The van der Waals surface area contributed by atoms with Crippen molar-refractivity contribution in [3.05, 3.63) is 53.9 Å². The average molecular weight is 459 g/mol. The highest BCUT2D eigenvalue weighted by Crippen LogP contribution is 2.04. The number of nitrogens with one attached hydrogen (secondary N) is 2. The molecule has 2 aromatic rings. The predicted octanol–water partition coefficient (Wildman–Crippen LogP) is 3.48. The van der Waals surface area contributed by atoms with Gasteiger partial charge in [0.1, 0.15) is 11.6 Å². The Kier molecular flexibility index (Phi) is 10.1. The SMILES string of the molecule is CCNC(=NCc1ccc(F)cc1)NCCCCn1ccnc1C.I. The van der Waals surface area contributed by atoms with Crippen LogP contribution >= 0.6 is 24.0 Å². The van der Waals surface area contributed by atoms with Crippen LogP contribution in [0.1, 0.15) is 31.2 Å². The quantitative estimate of drug-likeness (QED) is 0.275. The molecule has 2 rings (SSSR count). The highest BCUT2D eigenvalue weighted by molar-refractivity contribution is 14.0. The monoisotopic (exact) mass is 459 g/mol. The standard InChI is InChI=1S/C18H26FN5.HI/c1-3-20-18(23-14-16-6-8-17(19)9-7-16)22-10-4-5-12-24-13-11-21-15(24)2;/h6-9,11,13H,3-5,10,12,14H2,1-2H3,(H2,20,22,23);1H. The lowest BCUT2D eigenvalue weighted by atomic mass is 10.2. The molecule has 1 heterocycles. The normalized spacial score (nSPS) is 11.1. The van der Waals surface area contributed by atoms with Crippen molar-refractivity contribution in [3.8, 4) is 0 Å². The molecule has 1 aromatic heterocycles. The second-order valence-electron chi connectivity index (χ2n) is 5.62. The maximum Gasteiger partial charge on any atom is 0.191 e. The molecule has 0 aliphatic heterocycles. The predicted molar refractivity (Wildman–Crippen MR) is 111 cm³/mol. The average Bonchev–Trinajstić information content (AvgIpc) is 2.99. The Morgan fingerprint density at radius 2 is 1.96 bits per heavy atom. The fourth-order valence-corrected chi connectivity index (χ4v) is 2.36. The maximum absolute atomic E-state index is 12.9. The van der Waals surface area contributed by atoms with Crippen LogP contribution in [0.5, 0.6) is 0 Å². The number of imidazole rings is 1. The Hall–Kier alpha value is -1.64. The number of hydrogen-bond donors (Lipinski definition) is 2. The van der Waals surface area contributed by atoms with Crippen LogP contribution in [-0.2, 0) is 13.1 Å². The number of halogens is 2. The van der Waals surface area contributed by atoms with Gasteiger partial charge in [0.15, 0.2) is 5.96 Å². The van der Waals surface area contributed by atoms with Crippen LogP contribution in [0.4, 0.5) is 4.39 Å². The summed E-state index contributed by atoms with van der Waals surface area (Å²) in [5.41, 5.74) is 0.990. The van der Waals surface area contributed by atoms with Gasteiger partial charge in [0.25, 0.3) is 0 Å². The number of aromatic nitrogens is 2. The number of unbranched alkanes of at least 4 members (excludes halogenated alkanes) is 1. The van der Waals surface area contributed by atoms with Gasteiger partial charge in [-0.25, -0.2) is 14.4 Å². The van der Waals surface area contributed by atoms with Crippen LogP contribution in [0.15, 0.2) is 41.7 Å². The molecule has 25 heavy (non-hydrogen) atoms. The molecule has 0 amide bonds. The molecule has 138 valence electrons. The molecule has 0 saturated heterocycles. The maximum atomic E-state index is 12.9. The van der Waals surface area contributed by atoms with Crippen LogP contribution < -0.4 is 10.6 Å². The lowest BCUT2D eigenvalue weighted by Gasteiger charge is -2.11. The summed E-state index contributed by atoms with van der Waals surface area (Å²) >= 11 is 0. The summed E-state index contributed by atoms with van der Waals surface area (Å²) in [6.45, 7) is 7.24. The second kappa shape index (κ2) is 11.8. The molecule has 0 atom stereocenters. The third-order valence-electron chi connectivity index (χ3n) is 3.72. The van der Waals surface area contributed by atoms with Crippen LogP contribution in [0, 0.1) is 12.7 Å². The Morgan fingerprint density at radius 1 is 1.20 bits per heavy atom. The number of hydrogen-bond acceptors (Lipinski definition) is 2. The Bertz CT molecular complexity index is 639.